The van der Waals surface area contributed by atoms with Crippen molar-refractivity contribution in [3.63, 3.8) is 0 Å². The van der Waals surface area contributed by atoms with E-state index in [0.717, 1.165) is 12.8 Å². The van der Waals surface area contributed by atoms with Crippen molar-refractivity contribution in [3.05, 3.63) is 0 Å². The fraction of sp³-hybridized carbons (Fsp3) is 0.667. The summed E-state index contributed by atoms with van der Waals surface area (Å²) < 4.78 is 0. The number of aliphatic carboxylic acids is 1. The van der Waals surface area contributed by atoms with Crippen molar-refractivity contribution in [2.45, 2.75) is 39.0 Å². The number of carboxylic acids is 1. The average molecular weight is 160 g/mol. The number of carboxylic acid groups (broad SMARTS) is 1. The minimum Gasteiger partial charge on any atom is -0.537 e. The van der Waals surface area contributed by atoms with E-state index in [1.807, 2.05) is 5.92 Å². The molecule has 62 valence electrons. The summed E-state index contributed by atoms with van der Waals surface area (Å²) in [5, 5.41) is 9.80. The second-order valence-corrected chi connectivity index (χ2v) is 2.40. The van der Waals surface area contributed by atoms with Crippen LogP contribution in [0.4, 0.5) is 0 Å². The van der Waals surface area contributed by atoms with E-state index in [9.17, 15) is 9.90 Å². The zero-order valence-corrected chi connectivity index (χ0v) is 7.85. The summed E-state index contributed by atoms with van der Waals surface area (Å²) in [4.78, 5) is 9.80. The summed E-state index contributed by atoms with van der Waals surface area (Å²) in [7, 11) is 0. The third-order valence-electron chi connectivity index (χ3n) is 1.35. The molecule has 0 aliphatic rings. The van der Waals surface area contributed by atoms with Crippen LogP contribution in [0.3, 0.4) is 0 Å². The molecule has 2 nitrogen and oxygen atoms in total. The van der Waals surface area contributed by atoms with Gasteiger partial charge in [-0.25, -0.2) is 0 Å². The van der Waals surface area contributed by atoms with Crippen molar-refractivity contribution in [3.8, 4) is 11.8 Å². The Kier molecular flexibility index (Phi) is 12.5. The molecule has 0 bridgehead atoms. The molecule has 0 N–H and O–H groups in total. The van der Waals surface area contributed by atoms with E-state index in [1.165, 1.54) is 12.8 Å². The Morgan fingerprint density at radius 1 is 1.33 bits per heavy atom. The molecule has 0 heterocycles. The molecule has 0 aromatic carbocycles. The molecule has 0 rings (SSSR count). The molecule has 0 spiro atoms. The molecule has 0 aliphatic heterocycles. The number of unbranched alkanes of at least 4 members (excludes halogenated alkanes) is 4. The first kappa shape index (κ1) is 14.2. The van der Waals surface area contributed by atoms with E-state index in [1.54, 1.807) is 0 Å². The Balaban J connectivity index is 0. The van der Waals surface area contributed by atoms with E-state index >= 15 is 0 Å². The van der Waals surface area contributed by atoms with E-state index in [4.69, 9.17) is 0 Å². The zero-order valence-electron chi connectivity index (χ0n) is 7.85. The first-order chi connectivity index (χ1) is 5.27. The molecule has 0 saturated carbocycles. The van der Waals surface area contributed by atoms with Crippen molar-refractivity contribution >= 4 is 5.97 Å². The maximum atomic E-state index is 9.80. The molecule has 0 fully saturated rings. The SMILES string of the molecule is CCCCCCC#CC(=O)[O-].[Li+]. The van der Waals surface area contributed by atoms with Crippen LogP contribution in [0.1, 0.15) is 39.0 Å². The molecule has 0 atom stereocenters. The van der Waals surface area contributed by atoms with Crippen molar-refractivity contribution in [2.24, 2.45) is 0 Å². The van der Waals surface area contributed by atoms with Crippen LogP contribution in [0, 0.1) is 11.8 Å². The largest absolute Gasteiger partial charge is 1.00 e. The van der Waals surface area contributed by atoms with Crippen LogP contribution in [0.5, 0.6) is 0 Å². The Morgan fingerprint density at radius 2 is 2.00 bits per heavy atom. The number of hydrogen-bond acceptors (Lipinski definition) is 2. The Bertz CT molecular complexity index is 167. The fourth-order valence-electron chi connectivity index (χ4n) is 0.775. The predicted molar refractivity (Wildman–Crippen MR) is 41.5 cm³/mol. The molecular formula is C9H13LiO2. The minimum atomic E-state index is -1.28. The van der Waals surface area contributed by atoms with Crippen LogP contribution in [0.2, 0.25) is 0 Å². The van der Waals surface area contributed by atoms with Gasteiger partial charge in [0, 0.05) is 6.42 Å². The van der Waals surface area contributed by atoms with Gasteiger partial charge in [0.2, 0.25) is 0 Å². The second-order valence-electron chi connectivity index (χ2n) is 2.40. The first-order valence-electron chi connectivity index (χ1n) is 3.97. The van der Waals surface area contributed by atoms with Gasteiger partial charge in [0.1, 0.15) is 5.97 Å². The van der Waals surface area contributed by atoms with Crippen molar-refractivity contribution in [1.82, 2.24) is 0 Å². The van der Waals surface area contributed by atoms with Crippen molar-refractivity contribution in [1.29, 1.82) is 0 Å². The van der Waals surface area contributed by atoms with Gasteiger partial charge in [-0.3, -0.25) is 0 Å². The molecule has 0 radical (unpaired) electrons. The predicted octanol–water partition coefficient (Wildman–Crippen LogP) is -2.29. The summed E-state index contributed by atoms with van der Waals surface area (Å²) in [6.45, 7) is 2.13. The smallest absolute Gasteiger partial charge is 0.537 e. The third kappa shape index (κ3) is 12.3. The fourth-order valence-corrected chi connectivity index (χ4v) is 0.775. The van der Waals surface area contributed by atoms with E-state index in [0.29, 0.717) is 6.42 Å². The molecule has 0 saturated heterocycles. The average Bonchev–Trinajstić information content (AvgIpc) is 1.96. The standard InChI is InChI=1S/C9H14O2.Li/c1-2-3-4-5-6-7-8-9(10)11;/h2-6H2,1H3,(H,10,11);/q;+1/p-1. The third-order valence-corrected chi connectivity index (χ3v) is 1.35. The molecule has 0 aromatic heterocycles. The molecule has 0 aliphatic carbocycles. The summed E-state index contributed by atoms with van der Waals surface area (Å²) >= 11 is 0. The van der Waals surface area contributed by atoms with Crippen LogP contribution in [0.25, 0.3) is 0 Å². The number of carbonyl (C=O) groups excluding carboxylic acids is 1. The van der Waals surface area contributed by atoms with Gasteiger partial charge in [0.15, 0.2) is 0 Å². The van der Waals surface area contributed by atoms with Gasteiger partial charge in [-0.15, -0.1) is 0 Å². The Hall–Kier alpha value is -0.373. The maximum Gasteiger partial charge on any atom is 1.00 e. The van der Waals surface area contributed by atoms with Gasteiger partial charge in [-0.2, -0.15) is 0 Å². The Labute approximate surface area is 85.9 Å². The van der Waals surface area contributed by atoms with E-state index in [2.05, 4.69) is 12.8 Å². The Morgan fingerprint density at radius 3 is 2.50 bits per heavy atom. The van der Waals surface area contributed by atoms with Gasteiger partial charge >= 0.3 is 18.9 Å². The van der Waals surface area contributed by atoms with Crippen LogP contribution >= 0.6 is 0 Å². The summed E-state index contributed by atoms with van der Waals surface area (Å²) in [5.74, 6) is 3.23. The molecule has 3 heteroatoms. The van der Waals surface area contributed by atoms with Gasteiger partial charge in [-0.1, -0.05) is 32.1 Å². The van der Waals surface area contributed by atoms with Gasteiger partial charge in [-0.05, 0) is 12.3 Å². The summed E-state index contributed by atoms with van der Waals surface area (Å²) in [6.07, 6.45) is 5.20. The van der Waals surface area contributed by atoms with E-state index in [-0.39, 0.29) is 18.9 Å². The molecular weight excluding hydrogens is 147 g/mol. The number of rotatable bonds is 4. The molecule has 12 heavy (non-hydrogen) atoms. The number of carbonyl (C=O) groups is 1. The van der Waals surface area contributed by atoms with Crippen molar-refractivity contribution < 1.29 is 28.8 Å². The first-order valence-corrected chi connectivity index (χ1v) is 3.97. The molecule has 0 aromatic rings. The molecule has 0 unspecified atom stereocenters. The minimum absolute atomic E-state index is 0. The van der Waals surface area contributed by atoms with Crippen LogP contribution < -0.4 is 24.0 Å². The second kappa shape index (κ2) is 10.6. The zero-order chi connectivity index (χ0) is 8.53. The van der Waals surface area contributed by atoms with Crippen molar-refractivity contribution in [2.75, 3.05) is 0 Å². The summed E-state index contributed by atoms with van der Waals surface area (Å²) in [5.41, 5.74) is 0. The van der Waals surface area contributed by atoms with Gasteiger partial charge < -0.3 is 9.90 Å². The molecule has 0 amide bonds. The maximum absolute atomic E-state index is 9.80. The quantitative estimate of drug-likeness (QED) is 0.264. The topological polar surface area (TPSA) is 40.1 Å². The van der Waals surface area contributed by atoms with Crippen LogP contribution in [-0.2, 0) is 4.79 Å². The monoisotopic (exact) mass is 160 g/mol. The van der Waals surface area contributed by atoms with Crippen LogP contribution in [0.15, 0.2) is 0 Å². The van der Waals surface area contributed by atoms with Gasteiger partial charge in [0.25, 0.3) is 0 Å². The number of hydrogen-bond donors (Lipinski definition) is 0. The van der Waals surface area contributed by atoms with Crippen LogP contribution in [-0.4, -0.2) is 5.97 Å². The van der Waals surface area contributed by atoms with Gasteiger partial charge in [0.05, 0.1) is 0 Å². The van der Waals surface area contributed by atoms with E-state index < -0.39 is 5.97 Å². The normalized spacial score (nSPS) is 7.75. The summed E-state index contributed by atoms with van der Waals surface area (Å²) in [6, 6.07) is 0.